The molecule has 34 heavy (non-hydrogen) atoms. The standard InChI is InChI=1S/C25H29N3O4S2/c1-15-14-26-21(34-15)19-8-10-25(23(30)31,13-17-9-11-33-27-17)28(19)22(29)16-6-7-18(24(2,3)4)20(12-16)32-5/h6-7,9,11-12,14,19H,8,10,13H2,1-5H3,(H,30,31). The number of carboxylic acid groups (broad SMARTS) is 1. The SMILES string of the molecule is COc1cc(C(=O)N2C(c3ncc(C)s3)CCC2(Cc2ccsn2)C(=O)O)ccc1C(C)(C)C. The molecule has 1 N–H and O–H groups in total. The van der Waals surface area contributed by atoms with Crippen LogP contribution in [0.1, 0.15) is 71.2 Å². The summed E-state index contributed by atoms with van der Waals surface area (Å²) in [4.78, 5) is 34.0. The number of carbonyl (C=O) groups excluding carboxylic acids is 1. The van der Waals surface area contributed by atoms with Crippen LogP contribution >= 0.6 is 22.9 Å². The van der Waals surface area contributed by atoms with Gasteiger partial charge in [0.15, 0.2) is 0 Å². The fourth-order valence-corrected chi connectivity index (χ4v) is 6.13. The molecule has 1 saturated heterocycles. The molecule has 2 unspecified atom stereocenters. The van der Waals surface area contributed by atoms with E-state index in [1.165, 1.54) is 22.9 Å². The molecule has 0 aliphatic carbocycles. The van der Waals surface area contributed by atoms with E-state index in [1.807, 2.05) is 24.4 Å². The topological polar surface area (TPSA) is 92.6 Å². The third-order valence-corrected chi connectivity index (χ3v) is 7.98. The highest BCUT2D eigenvalue weighted by Gasteiger charge is 2.55. The molecule has 180 valence electrons. The molecule has 1 aliphatic rings. The number of rotatable bonds is 6. The number of hydrogen-bond acceptors (Lipinski definition) is 7. The van der Waals surface area contributed by atoms with Crippen molar-refractivity contribution in [1.29, 1.82) is 0 Å². The van der Waals surface area contributed by atoms with Crippen LogP contribution in [0.4, 0.5) is 0 Å². The van der Waals surface area contributed by atoms with Crippen molar-refractivity contribution in [1.82, 2.24) is 14.3 Å². The monoisotopic (exact) mass is 499 g/mol. The van der Waals surface area contributed by atoms with E-state index in [4.69, 9.17) is 4.74 Å². The van der Waals surface area contributed by atoms with Crippen LogP contribution < -0.4 is 4.74 Å². The van der Waals surface area contributed by atoms with Gasteiger partial charge in [0.2, 0.25) is 0 Å². The largest absolute Gasteiger partial charge is 0.496 e. The van der Waals surface area contributed by atoms with Gasteiger partial charge in [0, 0.05) is 28.4 Å². The predicted molar refractivity (Wildman–Crippen MR) is 133 cm³/mol. The van der Waals surface area contributed by atoms with Crippen LogP contribution in [0, 0.1) is 6.92 Å². The number of aryl methyl sites for hydroxylation is 1. The van der Waals surface area contributed by atoms with Crippen LogP contribution in [0.15, 0.2) is 35.8 Å². The predicted octanol–water partition coefficient (Wildman–Crippen LogP) is 5.26. The van der Waals surface area contributed by atoms with Gasteiger partial charge in [0.25, 0.3) is 5.91 Å². The number of thiazole rings is 1. The number of carboxylic acids is 1. The molecule has 1 aromatic carbocycles. The Morgan fingerprint density at radius 2 is 2.06 bits per heavy atom. The van der Waals surface area contributed by atoms with Crippen LogP contribution in [0.2, 0.25) is 0 Å². The quantitative estimate of drug-likeness (QED) is 0.497. The summed E-state index contributed by atoms with van der Waals surface area (Å²) in [5.41, 5.74) is 0.463. The number of likely N-dealkylation sites (tertiary alicyclic amines) is 1. The number of methoxy groups -OCH3 is 1. The van der Waals surface area contributed by atoms with Crippen molar-refractivity contribution in [2.24, 2.45) is 0 Å². The minimum Gasteiger partial charge on any atom is -0.496 e. The van der Waals surface area contributed by atoms with Crippen LogP contribution in [0.3, 0.4) is 0 Å². The summed E-state index contributed by atoms with van der Waals surface area (Å²) < 4.78 is 9.97. The summed E-state index contributed by atoms with van der Waals surface area (Å²) in [5.74, 6) is -0.755. The molecule has 2 atom stereocenters. The molecule has 9 heteroatoms. The third-order valence-electron chi connectivity index (χ3n) is 6.37. The first kappa shape index (κ1) is 24.3. The molecule has 4 rings (SSSR count). The van der Waals surface area contributed by atoms with Gasteiger partial charge in [-0.2, -0.15) is 4.37 Å². The van der Waals surface area contributed by atoms with E-state index in [9.17, 15) is 14.7 Å². The lowest BCUT2D eigenvalue weighted by Gasteiger charge is -2.37. The fourth-order valence-electron chi connectivity index (χ4n) is 4.69. The van der Waals surface area contributed by atoms with Crippen molar-refractivity contribution in [2.45, 2.75) is 64.0 Å². The van der Waals surface area contributed by atoms with Gasteiger partial charge in [-0.1, -0.05) is 26.8 Å². The van der Waals surface area contributed by atoms with Gasteiger partial charge < -0.3 is 14.7 Å². The van der Waals surface area contributed by atoms with E-state index in [1.54, 1.807) is 30.3 Å². The van der Waals surface area contributed by atoms with Crippen LogP contribution in [0.25, 0.3) is 0 Å². The van der Waals surface area contributed by atoms with Crippen molar-refractivity contribution in [2.75, 3.05) is 7.11 Å². The smallest absolute Gasteiger partial charge is 0.330 e. The van der Waals surface area contributed by atoms with Crippen molar-refractivity contribution >= 4 is 34.7 Å². The van der Waals surface area contributed by atoms with Gasteiger partial charge in [-0.3, -0.25) is 4.79 Å². The lowest BCUT2D eigenvalue weighted by Crippen LogP contribution is -2.55. The molecular weight excluding hydrogens is 470 g/mol. The second-order valence-electron chi connectivity index (χ2n) is 9.71. The Morgan fingerprint density at radius 1 is 1.29 bits per heavy atom. The number of hydrogen-bond donors (Lipinski definition) is 1. The summed E-state index contributed by atoms with van der Waals surface area (Å²) >= 11 is 2.77. The molecule has 1 aliphatic heterocycles. The second kappa shape index (κ2) is 9.11. The number of ether oxygens (including phenoxy) is 1. The number of aromatic nitrogens is 2. The van der Waals surface area contributed by atoms with Crippen molar-refractivity contribution < 1.29 is 19.4 Å². The maximum absolute atomic E-state index is 14.1. The Labute approximate surface area is 207 Å². The van der Waals surface area contributed by atoms with Gasteiger partial charge in [0.05, 0.1) is 18.8 Å². The van der Waals surface area contributed by atoms with E-state index >= 15 is 0 Å². The molecule has 3 aromatic rings. The number of carbonyl (C=O) groups is 2. The normalized spacial score (nSPS) is 20.5. The van der Waals surface area contributed by atoms with E-state index in [0.29, 0.717) is 29.8 Å². The maximum Gasteiger partial charge on any atom is 0.330 e. The fraction of sp³-hybridized carbons (Fsp3) is 0.440. The molecule has 0 radical (unpaired) electrons. The Bertz CT molecular complexity index is 1200. The van der Waals surface area contributed by atoms with E-state index in [2.05, 4.69) is 30.1 Å². The molecule has 0 bridgehead atoms. The zero-order chi connectivity index (χ0) is 24.7. The summed E-state index contributed by atoms with van der Waals surface area (Å²) in [7, 11) is 1.58. The van der Waals surface area contributed by atoms with Gasteiger partial charge in [-0.25, -0.2) is 9.78 Å². The lowest BCUT2D eigenvalue weighted by molar-refractivity contribution is -0.149. The van der Waals surface area contributed by atoms with E-state index < -0.39 is 17.6 Å². The zero-order valence-electron chi connectivity index (χ0n) is 20.0. The van der Waals surface area contributed by atoms with Gasteiger partial charge in [-0.15, -0.1) is 11.3 Å². The van der Waals surface area contributed by atoms with Crippen molar-refractivity contribution in [3.63, 3.8) is 0 Å². The maximum atomic E-state index is 14.1. The highest BCUT2D eigenvalue weighted by atomic mass is 32.1. The number of amides is 1. The Hall–Kier alpha value is -2.78. The average Bonchev–Trinajstić information content (AvgIpc) is 3.53. The summed E-state index contributed by atoms with van der Waals surface area (Å²) in [6, 6.07) is 6.78. The number of aliphatic carboxylic acids is 1. The molecule has 1 fully saturated rings. The molecule has 1 amide bonds. The minimum atomic E-state index is -1.41. The number of benzene rings is 1. The Morgan fingerprint density at radius 3 is 2.62 bits per heavy atom. The van der Waals surface area contributed by atoms with E-state index in [-0.39, 0.29) is 17.7 Å². The summed E-state index contributed by atoms with van der Waals surface area (Å²) in [6.45, 7) is 8.20. The van der Waals surface area contributed by atoms with Crippen molar-refractivity contribution in [3.05, 3.63) is 62.5 Å². The van der Waals surface area contributed by atoms with Crippen LogP contribution in [0.5, 0.6) is 5.75 Å². The van der Waals surface area contributed by atoms with Gasteiger partial charge in [-0.05, 0) is 60.5 Å². The zero-order valence-corrected chi connectivity index (χ0v) is 21.6. The lowest BCUT2D eigenvalue weighted by atomic mass is 9.85. The Kier molecular flexibility index (Phi) is 6.52. The van der Waals surface area contributed by atoms with Crippen LogP contribution in [-0.4, -0.2) is 43.9 Å². The first-order valence-electron chi connectivity index (χ1n) is 11.1. The van der Waals surface area contributed by atoms with Crippen LogP contribution in [-0.2, 0) is 16.6 Å². The molecule has 0 spiro atoms. The third kappa shape index (κ3) is 4.34. The molecular formula is C25H29N3O4S2. The molecule has 7 nitrogen and oxygen atoms in total. The molecule has 3 heterocycles. The van der Waals surface area contributed by atoms with Gasteiger partial charge >= 0.3 is 5.97 Å². The molecule has 0 saturated carbocycles. The first-order valence-corrected chi connectivity index (χ1v) is 12.8. The highest BCUT2D eigenvalue weighted by Crippen LogP contribution is 2.47. The first-order chi connectivity index (χ1) is 16.1. The van der Waals surface area contributed by atoms with Gasteiger partial charge in [0.1, 0.15) is 16.3 Å². The highest BCUT2D eigenvalue weighted by molar-refractivity contribution is 7.11. The summed E-state index contributed by atoms with van der Waals surface area (Å²) in [5, 5.41) is 13.1. The number of nitrogens with zero attached hydrogens (tertiary/aromatic N) is 3. The average molecular weight is 500 g/mol. The Balaban J connectivity index is 1.83. The van der Waals surface area contributed by atoms with Crippen molar-refractivity contribution in [3.8, 4) is 5.75 Å². The summed E-state index contributed by atoms with van der Waals surface area (Å²) in [6.07, 6.45) is 2.76. The second-order valence-corrected chi connectivity index (χ2v) is 11.6. The molecule has 2 aromatic heterocycles. The van der Waals surface area contributed by atoms with E-state index in [0.717, 1.165) is 15.4 Å². The minimum absolute atomic E-state index is 0.148.